The van der Waals surface area contributed by atoms with Crippen LogP contribution in [0, 0.1) is 5.82 Å². The number of aromatic nitrogens is 1. The molecule has 8 nitrogen and oxygen atoms in total. The van der Waals surface area contributed by atoms with Crippen LogP contribution < -0.4 is 5.32 Å². The maximum atomic E-state index is 13.5. The lowest BCUT2D eigenvalue weighted by Gasteiger charge is -2.29. The summed E-state index contributed by atoms with van der Waals surface area (Å²) in [6, 6.07) is 20.0. The molecule has 0 saturated carbocycles. The SMILES string of the molecule is CCOC(=O)C1=CN(C(=O)c2ccc(F)cc2)CC(C)(C)c2c1[nH]c1ccc(NC(=O)OCc3ccccc3)cc21. The number of carbonyl (C=O) groups is 3. The molecule has 41 heavy (non-hydrogen) atoms. The predicted molar refractivity (Wildman–Crippen MR) is 154 cm³/mol. The van der Waals surface area contributed by atoms with E-state index < -0.39 is 23.3 Å². The summed E-state index contributed by atoms with van der Waals surface area (Å²) in [6.07, 6.45) is 0.893. The molecule has 0 fully saturated rings. The number of carbonyl (C=O) groups excluding carboxylic acids is 3. The minimum absolute atomic E-state index is 0.132. The minimum atomic E-state index is -0.652. The smallest absolute Gasteiger partial charge is 0.411 e. The van der Waals surface area contributed by atoms with Gasteiger partial charge < -0.3 is 19.4 Å². The summed E-state index contributed by atoms with van der Waals surface area (Å²) in [6.45, 7) is 6.16. The summed E-state index contributed by atoms with van der Waals surface area (Å²) >= 11 is 0. The molecular weight excluding hydrogens is 525 g/mol. The van der Waals surface area contributed by atoms with E-state index in [1.807, 2.05) is 56.3 Å². The highest BCUT2D eigenvalue weighted by Gasteiger charge is 2.37. The van der Waals surface area contributed by atoms with Crippen LogP contribution in [0.3, 0.4) is 0 Å². The number of nitrogens with one attached hydrogen (secondary N) is 2. The predicted octanol–water partition coefficient (Wildman–Crippen LogP) is 6.39. The van der Waals surface area contributed by atoms with Crippen LogP contribution in [-0.2, 0) is 26.3 Å². The fraction of sp³-hybridized carbons (Fsp3) is 0.219. The zero-order chi connectivity index (χ0) is 29.1. The number of benzene rings is 3. The van der Waals surface area contributed by atoms with Crippen LogP contribution in [0.25, 0.3) is 16.5 Å². The summed E-state index contributed by atoms with van der Waals surface area (Å²) in [4.78, 5) is 44.0. The Kier molecular flexibility index (Phi) is 7.61. The topological polar surface area (TPSA) is 101 Å². The molecule has 1 aliphatic heterocycles. The Morgan fingerprint density at radius 3 is 2.44 bits per heavy atom. The van der Waals surface area contributed by atoms with Crippen molar-refractivity contribution in [2.24, 2.45) is 0 Å². The van der Waals surface area contributed by atoms with E-state index in [1.165, 1.54) is 35.4 Å². The van der Waals surface area contributed by atoms with Crippen molar-refractivity contribution in [1.29, 1.82) is 0 Å². The molecule has 2 N–H and O–H groups in total. The second kappa shape index (κ2) is 11.3. The van der Waals surface area contributed by atoms with Crippen LogP contribution >= 0.6 is 0 Å². The first kappa shape index (κ1) is 27.6. The van der Waals surface area contributed by atoms with Crippen LogP contribution in [0.15, 0.2) is 79.0 Å². The third-order valence-corrected chi connectivity index (χ3v) is 6.90. The van der Waals surface area contributed by atoms with Crippen LogP contribution in [-0.4, -0.2) is 41.0 Å². The number of H-pyrrole nitrogens is 1. The van der Waals surface area contributed by atoms with E-state index in [4.69, 9.17) is 9.47 Å². The number of fused-ring (bicyclic) bond motifs is 3. The van der Waals surface area contributed by atoms with Gasteiger partial charge >= 0.3 is 12.1 Å². The Morgan fingerprint density at radius 1 is 1.00 bits per heavy atom. The number of ether oxygens (including phenoxy) is 2. The number of anilines is 1. The van der Waals surface area contributed by atoms with Crippen LogP contribution in [0.2, 0.25) is 0 Å². The minimum Gasteiger partial charge on any atom is -0.462 e. The van der Waals surface area contributed by atoms with Gasteiger partial charge in [-0.3, -0.25) is 10.1 Å². The largest absolute Gasteiger partial charge is 0.462 e. The first-order valence-corrected chi connectivity index (χ1v) is 13.3. The first-order chi connectivity index (χ1) is 19.7. The highest BCUT2D eigenvalue weighted by Crippen LogP contribution is 2.41. The fourth-order valence-corrected chi connectivity index (χ4v) is 5.07. The van der Waals surface area contributed by atoms with Crippen LogP contribution in [0.1, 0.15) is 48.0 Å². The number of aromatic amines is 1. The average Bonchev–Trinajstić information content (AvgIpc) is 3.29. The molecule has 4 aromatic rings. The van der Waals surface area contributed by atoms with E-state index >= 15 is 0 Å². The van der Waals surface area contributed by atoms with Crippen molar-refractivity contribution in [3.63, 3.8) is 0 Å². The van der Waals surface area contributed by atoms with Crippen molar-refractivity contribution in [2.75, 3.05) is 18.5 Å². The van der Waals surface area contributed by atoms with Crippen molar-refractivity contribution < 1.29 is 28.2 Å². The van der Waals surface area contributed by atoms with E-state index in [1.54, 1.807) is 13.0 Å². The Morgan fingerprint density at radius 2 is 1.73 bits per heavy atom. The number of amides is 2. The zero-order valence-corrected chi connectivity index (χ0v) is 23.0. The monoisotopic (exact) mass is 555 g/mol. The van der Waals surface area contributed by atoms with Gasteiger partial charge in [-0.25, -0.2) is 14.0 Å². The van der Waals surface area contributed by atoms with Crippen molar-refractivity contribution in [2.45, 2.75) is 32.8 Å². The lowest BCUT2D eigenvalue weighted by atomic mass is 9.81. The molecule has 0 spiro atoms. The van der Waals surface area contributed by atoms with Crippen molar-refractivity contribution >= 4 is 40.1 Å². The number of hydrogen-bond donors (Lipinski definition) is 2. The molecule has 0 atom stereocenters. The Hall–Kier alpha value is -4.92. The molecule has 0 bridgehead atoms. The lowest BCUT2D eigenvalue weighted by molar-refractivity contribution is -0.136. The molecular formula is C32H30FN3O5. The molecule has 0 radical (unpaired) electrons. The number of esters is 1. The Balaban J connectivity index is 1.50. The summed E-state index contributed by atoms with van der Waals surface area (Å²) in [5, 5.41) is 3.55. The average molecular weight is 556 g/mol. The fourth-order valence-electron chi connectivity index (χ4n) is 5.07. The van der Waals surface area contributed by atoms with Gasteiger partial charge in [-0.1, -0.05) is 44.2 Å². The van der Waals surface area contributed by atoms with Gasteiger partial charge in [0.2, 0.25) is 0 Å². The van der Waals surface area contributed by atoms with Crippen molar-refractivity contribution in [1.82, 2.24) is 9.88 Å². The molecule has 0 unspecified atom stereocenters. The van der Waals surface area contributed by atoms with Crippen molar-refractivity contribution in [3.8, 4) is 0 Å². The number of hydrogen-bond acceptors (Lipinski definition) is 5. The number of nitrogens with zero attached hydrogens (tertiary/aromatic N) is 1. The molecule has 0 aliphatic carbocycles. The molecule has 2 amide bonds. The van der Waals surface area contributed by atoms with Gasteiger partial charge in [-0.2, -0.15) is 0 Å². The van der Waals surface area contributed by atoms with Crippen LogP contribution in [0.4, 0.5) is 14.9 Å². The third kappa shape index (κ3) is 5.84. The summed E-state index contributed by atoms with van der Waals surface area (Å²) in [7, 11) is 0. The summed E-state index contributed by atoms with van der Waals surface area (Å²) < 4.78 is 24.2. The van der Waals surface area contributed by atoms with Gasteiger partial charge in [0.1, 0.15) is 12.4 Å². The lowest BCUT2D eigenvalue weighted by Crippen LogP contribution is -2.37. The van der Waals surface area contributed by atoms with E-state index in [0.29, 0.717) is 11.4 Å². The Bertz CT molecular complexity index is 1640. The third-order valence-electron chi connectivity index (χ3n) is 6.90. The molecule has 5 rings (SSSR count). The molecule has 1 aliphatic rings. The van der Waals surface area contributed by atoms with Gasteiger partial charge in [0.05, 0.1) is 17.9 Å². The van der Waals surface area contributed by atoms with Gasteiger partial charge in [-0.05, 0) is 60.5 Å². The Labute approximate surface area is 236 Å². The molecule has 1 aromatic heterocycles. The standard InChI is InChI=1S/C32H30FN3O5/c1-4-40-30(38)25-17-36(29(37)21-10-12-22(33)13-11-21)19-32(2,3)27-24-16-23(14-15-26(24)35-28(25)27)34-31(39)41-18-20-8-6-5-7-9-20/h5-17,35H,4,18-19H2,1-3H3,(H,34,39). The maximum absolute atomic E-state index is 13.5. The second-order valence-corrected chi connectivity index (χ2v) is 10.4. The van der Waals surface area contributed by atoms with E-state index in [-0.39, 0.29) is 36.8 Å². The molecule has 3 aromatic carbocycles. The van der Waals surface area contributed by atoms with Gasteiger partial charge in [0, 0.05) is 40.3 Å². The van der Waals surface area contributed by atoms with E-state index in [9.17, 15) is 18.8 Å². The van der Waals surface area contributed by atoms with Gasteiger partial charge in [0.25, 0.3) is 5.91 Å². The summed E-state index contributed by atoms with van der Waals surface area (Å²) in [5.74, 6) is -1.41. The van der Waals surface area contributed by atoms with Crippen LogP contribution in [0.5, 0.6) is 0 Å². The molecule has 2 heterocycles. The highest BCUT2D eigenvalue weighted by molar-refractivity contribution is 6.18. The van der Waals surface area contributed by atoms with E-state index in [0.717, 1.165) is 22.0 Å². The number of rotatable bonds is 6. The summed E-state index contributed by atoms with van der Waals surface area (Å²) in [5.41, 5.74) is 3.28. The maximum Gasteiger partial charge on any atom is 0.411 e. The normalized spacial score (nSPS) is 14.0. The number of halogens is 1. The van der Waals surface area contributed by atoms with Gasteiger partial charge in [-0.15, -0.1) is 0 Å². The highest BCUT2D eigenvalue weighted by atomic mass is 19.1. The second-order valence-electron chi connectivity index (χ2n) is 10.4. The molecule has 9 heteroatoms. The van der Waals surface area contributed by atoms with Crippen molar-refractivity contribution in [3.05, 3.63) is 107 Å². The molecule has 210 valence electrons. The van der Waals surface area contributed by atoms with E-state index in [2.05, 4.69) is 10.3 Å². The first-order valence-electron chi connectivity index (χ1n) is 13.3. The quantitative estimate of drug-likeness (QED) is 0.269. The zero-order valence-electron chi connectivity index (χ0n) is 23.0. The molecule has 0 saturated heterocycles. The van der Waals surface area contributed by atoms with Gasteiger partial charge in [0.15, 0.2) is 0 Å².